The van der Waals surface area contributed by atoms with Crippen LogP contribution in [0, 0.1) is 22.7 Å². The molecule has 0 aromatic heterocycles. The van der Waals surface area contributed by atoms with Crippen LogP contribution in [0.2, 0.25) is 0 Å². The van der Waals surface area contributed by atoms with Crippen LogP contribution in [-0.4, -0.2) is 5.78 Å². The predicted octanol–water partition coefficient (Wildman–Crippen LogP) is 4.65. The van der Waals surface area contributed by atoms with Crippen molar-refractivity contribution >= 4 is 11.4 Å². The number of hydrogen-bond donors (Lipinski definition) is 0. The van der Waals surface area contributed by atoms with Crippen molar-refractivity contribution in [2.45, 2.75) is 34.1 Å². The van der Waals surface area contributed by atoms with E-state index in [1.165, 1.54) is 11.1 Å². The molecule has 2 unspecified atom stereocenters. The van der Waals surface area contributed by atoms with E-state index in [0.29, 0.717) is 11.7 Å². The number of ketones is 1. The molecule has 1 nitrogen and oxygen atoms in total. The Hall–Kier alpha value is -1.63. The van der Waals surface area contributed by atoms with E-state index in [1.807, 2.05) is 18.2 Å². The Morgan fingerprint density at radius 3 is 2.29 bits per heavy atom. The second-order valence-corrected chi connectivity index (χ2v) is 7.58. The maximum Gasteiger partial charge on any atom is 0.167 e. The second-order valence-electron chi connectivity index (χ2n) is 7.58. The molecule has 0 amide bonds. The molecular formula is C20H22O. The van der Waals surface area contributed by atoms with Crippen LogP contribution >= 0.6 is 0 Å². The first-order chi connectivity index (χ1) is 9.89. The topological polar surface area (TPSA) is 17.1 Å². The SMILES string of the molecule is CC1=C(C)C2(C)CC1(C)[C@@H]1C=C(c3ccccc3)C(=O)[C@@H]12. The Morgan fingerprint density at radius 1 is 1.00 bits per heavy atom. The highest BCUT2D eigenvalue weighted by Gasteiger charge is 2.66. The van der Waals surface area contributed by atoms with Gasteiger partial charge in [0.2, 0.25) is 0 Å². The van der Waals surface area contributed by atoms with E-state index in [1.54, 1.807) is 0 Å². The zero-order valence-electron chi connectivity index (χ0n) is 13.2. The van der Waals surface area contributed by atoms with Crippen molar-refractivity contribution in [2.24, 2.45) is 22.7 Å². The summed E-state index contributed by atoms with van der Waals surface area (Å²) in [6, 6.07) is 10.2. The third-order valence-corrected chi connectivity index (χ3v) is 6.77. The van der Waals surface area contributed by atoms with Gasteiger partial charge in [0, 0.05) is 11.5 Å². The number of benzene rings is 1. The van der Waals surface area contributed by atoms with Gasteiger partial charge < -0.3 is 0 Å². The molecule has 0 radical (unpaired) electrons. The largest absolute Gasteiger partial charge is 0.294 e. The van der Waals surface area contributed by atoms with E-state index in [9.17, 15) is 4.79 Å². The van der Waals surface area contributed by atoms with Gasteiger partial charge in [0.05, 0.1) is 0 Å². The third-order valence-electron chi connectivity index (χ3n) is 6.77. The van der Waals surface area contributed by atoms with E-state index in [0.717, 1.165) is 17.6 Å². The number of carbonyl (C=O) groups is 1. The van der Waals surface area contributed by atoms with E-state index < -0.39 is 0 Å². The summed E-state index contributed by atoms with van der Waals surface area (Å²) in [5.74, 6) is 0.902. The molecule has 0 aliphatic heterocycles. The standard InChI is InChI=1S/C20H22O/c1-12-13(2)20(4)11-19(12,3)16-10-15(18(21)17(16)20)14-8-6-5-7-9-14/h5-10,16-17H,11H2,1-4H3/t16-,17-,19?,20?/m1/s1. The van der Waals surface area contributed by atoms with Crippen molar-refractivity contribution in [2.75, 3.05) is 0 Å². The van der Waals surface area contributed by atoms with Gasteiger partial charge in [-0.2, -0.15) is 0 Å². The highest BCUT2D eigenvalue weighted by molar-refractivity contribution is 6.24. The summed E-state index contributed by atoms with van der Waals surface area (Å²) in [7, 11) is 0. The summed E-state index contributed by atoms with van der Waals surface area (Å²) < 4.78 is 0. The zero-order chi connectivity index (χ0) is 15.0. The van der Waals surface area contributed by atoms with E-state index in [-0.39, 0.29) is 16.7 Å². The Bertz CT molecular complexity index is 709. The molecule has 3 aliphatic rings. The van der Waals surface area contributed by atoms with Gasteiger partial charge in [-0.25, -0.2) is 0 Å². The smallest absolute Gasteiger partial charge is 0.167 e. The monoisotopic (exact) mass is 278 g/mol. The van der Waals surface area contributed by atoms with Gasteiger partial charge in [0.1, 0.15) is 0 Å². The van der Waals surface area contributed by atoms with E-state index in [2.05, 4.69) is 45.9 Å². The van der Waals surface area contributed by atoms with Gasteiger partial charge in [0.15, 0.2) is 5.78 Å². The highest BCUT2D eigenvalue weighted by Crippen LogP contribution is 2.71. The lowest BCUT2D eigenvalue weighted by Crippen LogP contribution is -2.34. The van der Waals surface area contributed by atoms with Crippen LogP contribution in [0.5, 0.6) is 0 Å². The summed E-state index contributed by atoms with van der Waals surface area (Å²) in [6.07, 6.45) is 3.42. The molecule has 1 heteroatoms. The first-order valence-electron chi connectivity index (χ1n) is 7.89. The minimum Gasteiger partial charge on any atom is -0.294 e. The van der Waals surface area contributed by atoms with Gasteiger partial charge in [0.25, 0.3) is 0 Å². The Kier molecular flexibility index (Phi) is 2.34. The molecule has 0 heterocycles. The fraction of sp³-hybridized carbons (Fsp3) is 0.450. The minimum atomic E-state index is 0.0631. The number of fused-ring (bicyclic) bond motifs is 5. The molecule has 2 bridgehead atoms. The molecule has 21 heavy (non-hydrogen) atoms. The van der Waals surface area contributed by atoms with Crippen molar-refractivity contribution in [3.63, 3.8) is 0 Å². The maximum absolute atomic E-state index is 13.1. The summed E-state index contributed by atoms with van der Waals surface area (Å²) in [5, 5.41) is 0. The summed E-state index contributed by atoms with van der Waals surface area (Å²) in [6.45, 7) is 9.18. The van der Waals surface area contributed by atoms with Crippen molar-refractivity contribution in [1.29, 1.82) is 0 Å². The summed E-state index contributed by atoms with van der Waals surface area (Å²) in [4.78, 5) is 13.1. The Labute approximate surface area is 126 Å². The van der Waals surface area contributed by atoms with Crippen LogP contribution in [0.4, 0.5) is 0 Å². The lowest BCUT2D eigenvalue weighted by molar-refractivity contribution is -0.119. The molecule has 108 valence electrons. The molecule has 4 rings (SSSR count). The number of Topliss-reactive ketones (excluding diaryl/α,β-unsaturated/α-hetero) is 1. The van der Waals surface area contributed by atoms with Crippen molar-refractivity contribution in [3.05, 3.63) is 53.1 Å². The van der Waals surface area contributed by atoms with Gasteiger partial charge in [-0.3, -0.25) is 4.79 Å². The lowest BCUT2D eigenvalue weighted by atomic mass is 9.66. The average Bonchev–Trinajstić information content (AvgIpc) is 3.00. The maximum atomic E-state index is 13.1. The molecule has 1 fully saturated rings. The van der Waals surface area contributed by atoms with Gasteiger partial charge in [-0.05, 0) is 42.6 Å². The van der Waals surface area contributed by atoms with Crippen molar-refractivity contribution < 1.29 is 4.79 Å². The number of allylic oxidation sites excluding steroid dienone is 4. The van der Waals surface area contributed by atoms with E-state index in [4.69, 9.17) is 0 Å². The second kappa shape index (κ2) is 3.76. The van der Waals surface area contributed by atoms with Gasteiger partial charge in [-0.15, -0.1) is 0 Å². The molecule has 1 aromatic carbocycles. The quantitative estimate of drug-likeness (QED) is 0.683. The van der Waals surface area contributed by atoms with E-state index >= 15 is 0 Å². The molecule has 0 saturated heterocycles. The number of hydrogen-bond acceptors (Lipinski definition) is 1. The fourth-order valence-corrected chi connectivity index (χ4v) is 5.38. The summed E-state index contributed by atoms with van der Waals surface area (Å²) >= 11 is 0. The first kappa shape index (κ1) is 13.1. The van der Waals surface area contributed by atoms with Crippen LogP contribution in [0.15, 0.2) is 47.6 Å². The molecular weight excluding hydrogens is 256 g/mol. The fourth-order valence-electron chi connectivity index (χ4n) is 5.38. The average molecular weight is 278 g/mol. The minimum absolute atomic E-state index is 0.0631. The zero-order valence-corrected chi connectivity index (χ0v) is 13.2. The Balaban J connectivity index is 1.86. The van der Waals surface area contributed by atoms with Crippen LogP contribution in [0.3, 0.4) is 0 Å². The lowest BCUT2D eigenvalue weighted by Gasteiger charge is -2.36. The molecule has 0 spiro atoms. The molecule has 0 N–H and O–H groups in total. The van der Waals surface area contributed by atoms with Crippen molar-refractivity contribution in [1.82, 2.24) is 0 Å². The molecule has 4 atom stereocenters. The van der Waals surface area contributed by atoms with Crippen LogP contribution in [0.25, 0.3) is 5.57 Å². The molecule has 3 aliphatic carbocycles. The summed E-state index contributed by atoms with van der Waals surface area (Å²) in [5.41, 5.74) is 5.25. The van der Waals surface area contributed by atoms with Gasteiger partial charge >= 0.3 is 0 Å². The number of rotatable bonds is 1. The van der Waals surface area contributed by atoms with Gasteiger partial charge in [-0.1, -0.05) is 61.4 Å². The van der Waals surface area contributed by atoms with Crippen molar-refractivity contribution in [3.8, 4) is 0 Å². The van der Waals surface area contributed by atoms with Crippen LogP contribution < -0.4 is 0 Å². The van der Waals surface area contributed by atoms with Crippen LogP contribution in [0.1, 0.15) is 39.7 Å². The normalized spacial score (nSPS) is 40.8. The number of carbonyl (C=O) groups excluding carboxylic acids is 1. The highest BCUT2D eigenvalue weighted by atomic mass is 16.1. The first-order valence-corrected chi connectivity index (χ1v) is 7.89. The van der Waals surface area contributed by atoms with Crippen LogP contribution in [-0.2, 0) is 4.79 Å². The predicted molar refractivity (Wildman–Crippen MR) is 85.6 cm³/mol. The third kappa shape index (κ3) is 1.35. The Morgan fingerprint density at radius 2 is 1.62 bits per heavy atom. The molecule has 1 aromatic rings. The molecule has 1 saturated carbocycles.